The second-order valence-corrected chi connectivity index (χ2v) is 10.0. The van der Waals surface area contributed by atoms with Gasteiger partial charge in [0.1, 0.15) is 0 Å². The maximum absolute atomic E-state index is 12.7. The molecule has 0 aromatic carbocycles. The van der Waals surface area contributed by atoms with Crippen LogP contribution in [0.1, 0.15) is 47.9 Å². The highest BCUT2D eigenvalue weighted by Gasteiger charge is 2.34. The van der Waals surface area contributed by atoms with E-state index in [2.05, 4.69) is 10.1 Å². The molecule has 1 aliphatic rings. The molecule has 2 aromatic heterocycles. The number of rotatable bonds is 8. The van der Waals surface area contributed by atoms with E-state index in [9.17, 15) is 18.0 Å². The molecule has 1 unspecified atom stereocenters. The standard InChI is InChI=1S/C21H28N4O5S/c1-4-5-9-24(18-8-10-31(28,29)14-18)20(26)13-30-21(27)17-6-7-19(22-12-17)25-16(3)11-15(2)23-25/h6-7,11-12,18H,4-5,8-10,13-14H2,1-3H3. The summed E-state index contributed by atoms with van der Waals surface area (Å²) in [7, 11) is -3.12. The number of ether oxygens (including phenoxy) is 1. The zero-order chi connectivity index (χ0) is 22.6. The fourth-order valence-electron chi connectivity index (χ4n) is 3.65. The third-order valence-corrected chi connectivity index (χ3v) is 7.01. The highest BCUT2D eigenvalue weighted by molar-refractivity contribution is 7.91. The van der Waals surface area contributed by atoms with E-state index < -0.39 is 22.4 Å². The lowest BCUT2D eigenvalue weighted by molar-refractivity contribution is -0.136. The predicted octanol–water partition coefficient (Wildman–Crippen LogP) is 1.86. The number of pyridine rings is 1. The first-order valence-corrected chi connectivity index (χ1v) is 12.2. The van der Waals surface area contributed by atoms with E-state index >= 15 is 0 Å². The lowest BCUT2D eigenvalue weighted by atomic mass is 10.2. The second kappa shape index (κ2) is 9.59. The molecule has 0 bridgehead atoms. The molecule has 2 aromatic rings. The van der Waals surface area contributed by atoms with Crippen LogP contribution in [0.3, 0.4) is 0 Å². The average molecular weight is 449 g/mol. The van der Waals surface area contributed by atoms with E-state index in [0.29, 0.717) is 18.8 Å². The van der Waals surface area contributed by atoms with E-state index in [4.69, 9.17) is 4.74 Å². The molecule has 0 radical (unpaired) electrons. The minimum Gasteiger partial charge on any atom is -0.452 e. The number of aromatic nitrogens is 3. The molecular formula is C21H28N4O5S. The van der Waals surface area contributed by atoms with Crippen LogP contribution in [0.15, 0.2) is 24.4 Å². The molecule has 3 heterocycles. The van der Waals surface area contributed by atoms with Crippen molar-refractivity contribution < 1.29 is 22.7 Å². The van der Waals surface area contributed by atoms with Crippen molar-refractivity contribution in [2.24, 2.45) is 0 Å². The van der Waals surface area contributed by atoms with Gasteiger partial charge in [0.25, 0.3) is 5.91 Å². The number of unbranched alkanes of at least 4 members (excludes halogenated alkanes) is 1. The highest BCUT2D eigenvalue weighted by Crippen LogP contribution is 2.19. The quantitative estimate of drug-likeness (QED) is 0.567. The number of amides is 1. The van der Waals surface area contributed by atoms with Crippen molar-refractivity contribution in [3.63, 3.8) is 0 Å². The lowest BCUT2D eigenvalue weighted by Gasteiger charge is -2.28. The molecule has 1 fully saturated rings. The van der Waals surface area contributed by atoms with Crippen LogP contribution >= 0.6 is 0 Å². The van der Waals surface area contributed by atoms with Crippen molar-refractivity contribution in [2.45, 2.75) is 46.1 Å². The van der Waals surface area contributed by atoms with Crippen molar-refractivity contribution >= 4 is 21.7 Å². The number of carbonyl (C=O) groups is 2. The van der Waals surface area contributed by atoms with E-state index in [1.54, 1.807) is 21.7 Å². The Morgan fingerprint density at radius 1 is 1.29 bits per heavy atom. The minimum atomic E-state index is -3.12. The van der Waals surface area contributed by atoms with E-state index in [0.717, 1.165) is 24.2 Å². The molecule has 3 rings (SSSR count). The van der Waals surface area contributed by atoms with Crippen LogP contribution < -0.4 is 0 Å². The molecule has 1 aliphatic heterocycles. The van der Waals surface area contributed by atoms with Gasteiger partial charge in [0.05, 0.1) is 22.8 Å². The molecule has 10 heteroatoms. The van der Waals surface area contributed by atoms with Crippen LogP contribution in [0.4, 0.5) is 0 Å². The zero-order valence-electron chi connectivity index (χ0n) is 18.1. The first kappa shape index (κ1) is 22.9. The molecule has 1 saturated heterocycles. The molecular weight excluding hydrogens is 420 g/mol. The van der Waals surface area contributed by atoms with Crippen LogP contribution in [0, 0.1) is 13.8 Å². The first-order valence-electron chi connectivity index (χ1n) is 10.4. The normalized spacial score (nSPS) is 17.5. The van der Waals surface area contributed by atoms with Gasteiger partial charge in [0, 0.05) is 24.5 Å². The summed E-state index contributed by atoms with van der Waals surface area (Å²) in [6.07, 6.45) is 3.44. The lowest BCUT2D eigenvalue weighted by Crippen LogP contribution is -2.43. The molecule has 0 N–H and O–H groups in total. The number of hydrogen-bond acceptors (Lipinski definition) is 7. The van der Waals surface area contributed by atoms with Crippen molar-refractivity contribution in [2.75, 3.05) is 24.7 Å². The topological polar surface area (TPSA) is 111 Å². The van der Waals surface area contributed by atoms with Gasteiger partial charge in [-0.3, -0.25) is 4.79 Å². The average Bonchev–Trinajstić information content (AvgIpc) is 3.26. The summed E-state index contributed by atoms with van der Waals surface area (Å²) in [6, 6.07) is 4.80. The van der Waals surface area contributed by atoms with Crippen LogP contribution in [0.5, 0.6) is 0 Å². The summed E-state index contributed by atoms with van der Waals surface area (Å²) in [6.45, 7) is 5.81. The maximum atomic E-state index is 12.7. The molecule has 0 spiro atoms. The fraction of sp³-hybridized carbons (Fsp3) is 0.524. The van der Waals surface area contributed by atoms with Gasteiger partial charge >= 0.3 is 5.97 Å². The van der Waals surface area contributed by atoms with Gasteiger partial charge in [-0.05, 0) is 44.9 Å². The number of nitrogens with zero attached hydrogens (tertiary/aromatic N) is 4. The van der Waals surface area contributed by atoms with Gasteiger partial charge in [0.2, 0.25) is 0 Å². The van der Waals surface area contributed by atoms with Crippen LogP contribution in [-0.4, -0.2) is 70.7 Å². The second-order valence-electron chi connectivity index (χ2n) is 7.82. The Labute approximate surface area is 182 Å². The number of aryl methyl sites for hydroxylation is 2. The SMILES string of the molecule is CCCCN(C(=O)COC(=O)c1ccc(-n2nc(C)cc2C)nc1)C1CCS(=O)(=O)C1. The van der Waals surface area contributed by atoms with Gasteiger partial charge in [-0.1, -0.05) is 13.3 Å². The molecule has 0 aliphatic carbocycles. The Hall–Kier alpha value is -2.75. The molecule has 1 atom stereocenters. The molecule has 1 amide bonds. The van der Waals surface area contributed by atoms with E-state index in [1.807, 2.05) is 26.8 Å². The summed E-state index contributed by atoms with van der Waals surface area (Å²) < 4.78 is 30.5. The minimum absolute atomic E-state index is 0.0336. The predicted molar refractivity (Wildman–Crippen MR) is 115 cm³/mol. The summed E-state index contributed by atoms with van der Waals surface area (Å²) in [5, 5.41) is 4.35. The number of sulfone groups is 1. The van der Waals surface area contributed by atoms with Gasteiger partial charge in [-0.15, -0.1) is 0 Å². The maximum Gasteiger partial charge on any atom is 0.340 e. The molecule has 9 nitrogen and oxygen atoms in total. The van der Waals surface area contributed by atoms with Crippen molar-refractivity contribution in [1.82, 2.24) is 19.7 Å². The van der Waals surface area contributed by atoms with Crippen molar-refractivity contribution in [1.29, 1.82) is 0 Å². The first-order chi connectivity index (χ1) is 14.7. The number of carbonyl (C=O) groups excluding carboxylic acids is 2. The highest BCUT2D eigenvalue weighted by atomic mass is 32.2. The number of hydrogen-bond donors (Lipinski definition) is 0. The molecule has 31 heavy (non-hydrogen) atoms. The Balaban J connectivity index is 1.61. The van der Waals surface area contributed by atoms with Crippen molar-refractivity contribution in [3.05, 3.63) is 41.3 Å². The zero-order valence-corrected chi connectivity index (χ0v) is 18.9. The summed E-state index contributed by atoms with van der Waals surface area (Å²) in [5.74, 6) is -0.410. The Bertz CT molecular complexity index is 1050. The van der Waals surface area contributed by atoms with Gasteiger partial charge < -0.3 is 9.64 Å². The van der Waals surface area contributed by atoms with Gasteiger partial charge in [-0.2, -0.15) is 5.10 Å². The molecule has 168 valence electrons. The Morgan fingerprint density at radius 3 is 2.61 bits per heavy atom. The third kappa shape index (κ3) is 5.69. The van der Waals surface area contributed by atoms with E-state index in [-0.39, 0.29) is 29.0 Å². The third-order valence-electron chi connectivity index (χ3n) is 5.26. The van der Waals surface area contributed by atoms with Crippen LogP contribution in [-0.2, 0) is 19.4 Å². The van der Waals surface area contributed by atoms with Gasteiger partial charge in [0.15, 0.2) is 22.3 Å². The fourth-order valence-corrected chi connectivity index (χ4v) is 5.38. The van der Waals surface area contributed by atoms with Gasteiger partial charge in [-0.25, -0.2) is 22.9 Å². The Morgan fingerprint density at radius 2 is 2.06 bits per heavy atom. The van der Waals surface area contributed by atoms with E-state index in [1.165, 1.54) is 6.20 Å². The van der Waals surface area contributed by atoms with Crippen LogP contribution in [0.2, 0.25) is 0 Å². The summed E-state index contributed by atoms with van der Waals surface area (Å²) in [5.41, 5.74) is 2.01. The summed E-state index contributed by atoms with van der Waals surface area (Å²) >= 11 is 0. The molecule has 0 saturated carbocycles. The Kier molecular flexibility index (Phi) is 7.09. The summed E-state index contributed by atoms with van der Waals surface area (Å²) in [4.78, 5) is 30.9. The number of esters is 1. The van der Waals surface area contributed by atoms with Crippen molar-refractivity contribution in [3.8, 4) is 5.82 Å². The monoisotopic (exact) mass is 448 g/mol. The smallest absolute Gasteiger partial charge is 0.340 e. The largest absolute Gasteiger partial charge is 0.452 e. The van der Waals surface area contributed by atoms with Crippen LogP contribution in [0.25, 0.3) is 5.82 Å².